The summed E-state index contributed by atoms with van der Waals surface area (Å²) in [5.41, 5.74) is 9.67. The number of hydrogen-bond donors (Lipinski definition) is 0. The summed E-state index contributed by atoms with van der Waals surface area (Å²) in [6, 6.07) is 54.4. The SMILES string of the molecule is CCN(C(=O)[C@H]1CN(C(=O)OC(C)(C)C)CC[C@@H]1c1cccc(-c2ccccc2)c1)c1ccc2ccn(CCCOC)c2c1.COCCCn1ccc2ccc(CC(=O)[C@H]3CN(C(=O)OC(C)(C)C)CC[C@@H]3c3cccc(-c4ccccc4)c3)cc21. The number of benzene rings is 6. The second-order valence-corrected chi connectivity index (χ2v) is 24.9. The first-order chi connectivity index (χ1) is 41.4. The third-order valence-corrected chi connectivity index (χ3v) is 16.5. The first-order valence-corrected chi connectivity index (χ1v) is 30.7. The quantitative estimate of drug-likeness (QED) is 0.0778. The number of Topliss-reactive ketones (excluding diaryl/α,β-unsaturated/α-hetero) is 1. The van der Waals surface area contributed by atoms with Gasteiger partial charge in [-0.25, -0.2) is 9.59 Å². The van der Waals surface area contributed by atoms with Gasteiger partial charge in [-0.2, -0.15) is 0 Å². The summed E-state index contributed by atoms with van der Waals surface area (Å²) in [5.74, 6) is -0.613. The van der Waals surface area contributed by atoms with Gasteiger partial charge < -0.3 is 42.8 Å². The Hall–Kier alpha value is -8.00. The minimum atomic E-state index is -0.611. The average Bonchev–Trinajstić information content (AvgIpc) is 4.11. The van der Waals surface area contributed by atoms with Crippen LogP contribution in [0.5, 0.6) is 0 Å². The van der Waals surface area contributed by atoms with E-state index in [1.54, 1.807) is 24.0 Å². The third kappa shape index (κ3) is 15.9. The number of nitrogens with zero attached hydrogens (tertiary/aromatic N) is 5. The molecule has 0 spiro atoms. The van der Waals surface area contributed by atoms with E-state index in [0.29, 0.717) is 65.2 Å². The predicted molar refractivity (Wildman–Crippen MR) is 345 cm³/mol. The summed E-state index contributed by atoms with van der Waals surface area (Å²) >= 11 is 0. The van der Waals surface area contributed by atoms with E-state index in [0.717, 1.165) is 92.4 Å². The number of likely N-dealkylation sites (tertiary alicyclic amines) is 2. The second kappa shape index (κ2) is 28.5. The van der Waals surface area contributed by atoms with Crippen molar-refractivity contribution in [2.45, 2.75) is 117 Å². The van der Waals surface area contributed by atoms with Crippen LogP contribution in [0.25, 0.3) is 44.1 Å². The van der Waals surface area contributed by atoms with Gasteiger partial charge in [0.25, 0.3) is 0 Å². The van der Waals surface area contributed by atoms with E-state index in [9.17, 15) is 19.2 Å². The van der Waals surface area contributed by atoms with Crippen LogP contribution >= 0.6 is 0 Å². The van der Waals surface area contributed by atoms with E-state index >= 15 is 0 Å². The first-order valence-electron chi connectivity index (χ1n) is 30.7. The van der Waals surface area contributed by atoms with Crippen molar-refractivity contribution >= 4 is 51.4 Å². The van der Waals surface area contributed by atoms with Gasteiger partial charge in [0.15, 0.2) is 0 Å². The number of aromatic nitrogens is 2. The second-order valence-electron chi connectivity index (χ2n) is 24.9. The Morgan fingerprint density at radius 3 is 1.48 bits per heavy atom. The summed E-state index contributed by atoms with van der Waals surface area (Å²) in [7, 11) is 3.44. The molecule has 6 aromatic carbocycles. The zero-order chi connectivity index (χ0) is 61.0. The van der Waals surface area contributed by atoms with Crippen LogP contribution in [-0.2, 0) is 48.0 Å². The molecule has 2 fully saturated rings. The predicted octanol–water partition coefficient (Wildman–Crippen LogP) is 15.2. The monoisotopic (exact) mass is 1160 g/mol. The van der Waals surface area contributed by atoms with E-state index in [1.807, 2.05) is 95.8 Å². The van der Waals surface area contributed by atoms with E-state index in [2.05, 4.69) is 137 Å². The maximum absolute atomic E-state index is 14.6. The lowest BCUT2D eigenvalue weighted by Crippen LogP contribution is -2.50. The van der Waals surface area contributed by atoms with Crippen molar-refractivity contribution in [3.8, 4) is 22.3 Å². The minimum absolute atomic E-state index is 0.0153. The number of ether oxygens (including phenoxy) is 4. The van der Waals surface area contributed by atoms with Crippen LogP contribution in [-0.4, -0.2) is 114 Å². The van der Waals surface area contributed by atoms with Crippen molar-refractivity contribution in [2.75, 3.05) is 65.1 Å². The van der Waals surface area contributed by atoms with Crippen LogP contribution in [0.4, 0.5) is 15.3 Å². The molecular formula is C73H87N5O8. The summed E-state index contributed by atoms with van der Waals surface area (Å²) in [5, 5.41) is 2.30. The highest BCUT2D eigenvalue weighted by Crippen LogP contribution is 2.40. The number of aryl methyl sites for hydroxylation is 2. The van der Waals surface area contributed by atoms with E-state index in [4.69, 9.17) is 18.9 Å². The van der Waals surface area contributed by atoms with E-state index < -0.39 is 17.1 Å². The fourth-order valence-electron chi connectivity index (χ4n) is 12.2. The van der Waals surface area contributed by atoms with Gasteiger partial charge in [0.1, 0.15) is 17.0 Å². The van der Waals surface area contributed by atoms with Crippen molar-refractivity contribution in [3.05, 3.63) is 187 Å². The molecule has 0 bridgehead atoms. The number of carbonyl (C=O) groups excluding carboxylic acids is 4. The molecule has 3 amide bonds. The molecule has 2 aromatic heterocycles. The maximum atomic E-state index is 14.6. The minimum Gasteiger partial charge on any atom is -0.444 e. The Labute approximate surface area is 508 Å². The van der Waals surface area contributed by atoms with Crippen molar-refractivity contribution in [2.24, 2.45) is 11.8 Å². The van der Waals surface area contributed by atoms with Gasteiger partial charge in [0.05, 0.1) is 11.4 Å². The standard InChI is InChI=1S/C37H45N3O4.C36H42N2O4/c1-6-40(31-17-16-28-18-21-38(34(28)25-31)20-11-23-43-5)35(41)33-26-39(36(42)44-37(2,3)4)22-19-32(33)30-15-10-14-29(24-30)27-12-8-7-9-13-27;1-36(2,3)42-35(40)38-20-17-31(30-13-8-12-29(24-30)27-10-6-5-7-11-27)32(25-38)34(39)23-26-14-15-28-16-19-37(33(28)22-26)18-9-21-41-4/h7-10,12-18,21,24-25,32-33H,6,11,19-20,22-23,26H2,1-5H3;5-8,10-16,19,22,24,31-32H,9,17-18,20-21,23,25H2,1-4H3/t32-,33+;31-,32+/m11/s1. The number of hydrogen-bond acceptors (Lipinski definition) is 8. The molecule has 0 unspecified atom stereocenters. The van der Waals surface area contributed by atoms with Crippen LogP contribution in [0.1, 0.15) is 103 Å². The molecule has 0 N–H and O–H groups in total. The fraction of sp³-hybridized carbons (Fsp3) is 0.397. The van der Waals surface area contributed by atoms with Crippen molar-refractivity contribution < 1.29 is 38.1 Å². The molecule has 452 valence electrons. The molecule has 4 heterocycles. The Morgan fingerprint density at radius 2 is 0.988 bits per heavy atom. The lowest BCUT2D eigenvalue weighted by molar-refractivity contribution is -0.125. The Bertz CT molecular complexity index is 3560. The van der Waals surface area contributed by atoms with Gasteiger partial charge in [-0.05, 0) is 166 Å². The first kappa shape index (κ1) is 62.5. The Balaban J connectivity index is 0.000000206. The zero-order valence-electron chi connectivity index (χ0n) is 51.9. The number of anilines is 1. The molecule has 0 radical (unpaired) electrons. The molecule has 8 aromatic rings. The molecular weight excluding hydrogens is 1070 g/mol. The number of amides is 3. The molecule has 86 heavy (non-hydrogen) atoms. The normalized spacial score (nSPS) is 17.2. The van der Waals surface area contributed by atoms with Crippen LogP contribution in [0, 0.1) is 11.8 Å². The molecule has 13 nitrogen and oxygen atoms in total. The molecule has 0 saturated carbocycles. The number of fused-ring (bicyclic) bond motifs is 2. The van der Waals surface area contributed by atoms with Crippen LogP contribution in [0.2, 0.25) is 0 Å². The highest BCUT2D eigenvalue weighted by Gasteiger charge is 2.41. The topological polar surface area (TPSA) is 125 Å². The van der Waals surface area contributed by atoms with Crippen LogP contribution < -0.4 is 4.90 Å². The van der Waals surface area contributed by atoms with Gasteiger partial charge in [0, 0.05) is 109 Å². The lowest BCUT2D eigenvalue weighted by Gasteiger charge is -2.40. The summed E-state index contributed by atoms with van der Waals surface area (Å²) in [6.07, 6.45) is 7.00. The van der Waals surface area contributed by atoms with E-state index in [-0.39, 0.29) is 41.6 Å². The molecule has 13 heteroatoms. The van der Waals surface area contributed by atoms with E-state index in [1.165, 1.54) is 0 Å². The third-order valence-electron chi connectivity index (χ3n) is 16.5. The van der Waals surface area contributed by atoms with Crippen molar-refractivity contribution in [1.82, 2.24) is 18.9 Å². The smallest absolute Gasteiger partial charge is 0.410 e. The molecule has 10 rings (SSSR count). The van der Waals surface area contributed by atoms with Gasteiger partial charge >= 0.3 is 12.2 Å². The summed E-state index contributed by atoms with van der Waals surface area (Å²) in [6.45, 7) is 18.6. The summed E-state index contributed by atoms with van der Waals surface area (Å²) < 4.78 is 26.4. The van der Waals surface area contributed by atoms with Crippen LogP contribution in [0.3, 0.4) is 0 Å². The van der Waals surface area contributed by atoms with Gasteiger partial charge in [-0.15, -0.1) is 0 Å². The van der Waals surface area contributed by atoms with Crippen molar-refractivity contribution in [1.29, 1.82) is 0 Å². The molecule has 2 aliphatic heterocycles. The molecule has 2 saturated heterocycles. The van der Waals surface area contributed by atoms with Gasteiger partial charge in [0.2, 0.25) is 5.91 Å². The lowest BCUT2D eigenvalue weighted by atomic mass is 9.76. The fourth-order valence-corrected chi connectivity index (χ4v) is 12.2. The van der Waals surface area contributed by atoms with Gasteiger partial charge in [-0.3, -0.25) is 9.59 Å². The molecule has 2 aliphatic rings. The number of piperidine rings is 2. The Kier molecular flexibility index (Phi) is 20.7. The molecule has 4 atom stereocenters. The highest BCUT2D eigenvalue weighted by atomic mass is 16.6. The number of rotatable bonds is 18. The molecule has 0 aliphatic carbocycles. The van der Waals surface area contributed by atoms with Crippen LogP contribution in [0.15, 0.2) is 170 Å². The zero-order valence-corrected chi connectivity index (χ0v) is 51.9. The van der Waals surface area contributed by atoms with Gasteiger partial charge in [-0.1, -0.05) is 127 Å². The number of ketones is 1. The highest BCUT2D eigenvalue weighted by molar-refractivity contribution is 5.98. The average molecular weight is 1160 g/mol. The Morgan fingerprint density at radius 1 is 0.523 bits per heavy atom. The number of carbonyl (C=O) groups is 4. The maximum Gasteiger partial charge on any atom is 0.410 e. The number of methoxy groups -OCH3 is 2. The largest absolute Gasteiger partial charge is 0.444 e. The van der Waals surface area contributed by atoms with Crippen molar-refractivity contribution in [3.63, 3.8) is 0 Å². The summed E-state index contributed by atoms with van der Waals surface area (Å²) in [4.78, 5) is 60.3.